The van der Waals surface area contributed by atoms with Crippen molar-refractivity contribution in [2.75, 3.05) is 37.1 Å². The van der Waals surface area contributed by atoms with E-state index in [1.807, 2.05) is 4.90 Å². The maximum Gasteiger partial charge on any atom is 0.415 e. The molecule has 1 N–H and O–H groups in total. The minimum atomic E-state index is -4.62. The van der Waals surface area contributed by atoms with Crippen LogP contribution >= 0.6 is 0 Å². The summed E-state index contributed by atoms with van der Waals surface area (Å²) in [5, 5.41) is 2.04. The molecule has 0 bridgehead atoms. The highest BCUT2D eigenvalue weighted by Crippen LogP contribution is 2.13. The molecule has 10 nitrogen and oxygen atoms in total. The lowest BCUT2D eigenvalue weighted by Gasteiger charge is -2.26. The zero-order valence-corrected chi connectivity index (χ0v) is 14.0. The predicted molar refractivity (Wildman–Crippen MR) is 81.4 cm³/mol. The van der Waals surface area contributed by atoms with Crippen LogP contribution in [0.15, 0.2) is 6.33 Å². The molecule has 0 aromatic carbocycles. The largest absolute Gasteiger partial charge is 0.415 e. The fraction of sp³-hybridized carbons (Fsp3) is 0.727. The number of hydroxylamine groups is 1. The number of hydrazine groups is 1. The van der Waals surface area contributed by atoms with Crippen LogP contribution in [0, 0.1) is 0 Å². The van der Waals surface area contributed by atoms with Gasteiger partial charge in [0.1, 0.15) is 6.33 Å². The Bertz CT molecular complexity index is 563. The summed E-state index contributed by atoms with van der Waals surface area (Å²) in [7, 11) is -1.82. The second-order valence-electron chi connectivity index (χ2n) is 4.56. The summed E-state index contributed by atoms with van der Waals surface area (Å²) in [6, 6.07) is 0. The Morgan fingerprint density at radius 1 is 1.14 bits per heavy atom. The second-order valence-corrected chi connectivity index (χ2v) is 5.57. The van der Waals surface area contributed by atoms with Gasteiger partial charge in [0.2, 0.25) is 11.9 Å². The summed E-state index contributed by atoms with van der Waals surface area (Å²) in [6.45, 7) is 5.73. The van der Waals surface area contributed by atoms with E-state index in [4.69, 9.17) is 4.55 Å². The van der Waals surface area contributed by atoms with Gasteiger partial charge in [0, 0.05) is 27.2 Å². The van der Waals surface area contributed by atoms with Crippen molar-refractivity contribution in [3.8, 4) is 0 Å². The molecule has 0 atom stereocenters. The fourth-order valence-corrected chi connectivity index (χ4v) is 2.12. The van der Waals surface area contributed by atoms with Crippen molar-refractivity contribution in [2.45, 2.75) is 26.7 Å². The van der Waals surface area contributed by atoms with Crippen molar-refractivity contribution >= 4 is 22.3 Å². The lowest BCUT2D eigenvalue weighted by molar-refractivity contribution is -0.0430. The molecule has 0 saturated heterocycles. The van der Waals surface area contributed by atoms with Crippen molar-refractivity contribution in [3.05, 3.63) is 6.33 Å². The van der Waals surface area contributed by atoms with Gasteiger partial charge in [0.25, 0.3) is 0 Å². The van der Waals surface area contributed by atoms with Crippen molar-refractivity contribution in [2.24, 2.45) is 0 Å². The molecule has 1 heterocycles. The molecule has 0 saturated carbocycles. The summed E-state index contributed by atoms with van der Waals surface area (Å²) >= 11 is 0. The number of aromatic nitrogens is 3. The molecular formula is C11H22N6O4S. The average molecular weight is 334 g/mol. The van der Waals surface area contributed by atoms with Gasteiger partial charge in [0.15, 0.2) is 0 Å². The third-order valence-corrected chi connectivity index (χ3v) is 3.13. The lowest BCUT2D eigenvalue weighted by atomic mass is 10.4. The van der Waals surface area contributed by atoms with Gasteiger partial charge in [-0.05, 0) is 12.8 Å². The highest BCUT2D eigenvalue weighted by atomic mass is 32.3. The highest BCUT2D eigenvalue weighted by Gasteiger charge is 2.18. The maximum atomic E-state index is 10.7. The van der Waals surface area contributed by atoms with E-state index in [9.17, 15) is 8.42 Å². The molecule has 0 unspecified atom stereocenters. The Labute approximate surface area is 130 Å². The second kappa shape index (κ2) is 8.17. The van der Waals surface area contributed by atoms with E-state index >= 15 is 0 Å². The number of hydrogen-bond donors (Lipinski definition) is 1. The van der Waals surface area contributed by atoms with Crippen molar-refractivity contribution in [1.82, 2.24) is 20.1 Å². The number of rotatable bonds is 9. The van der Waals surface area contributed by atoms with Gasteiger partial charge in [-0.3, -0.25) is 9.56 Å². The van der Waals surface area contributed by atoms with Crippen molar-refractivity contribution in [3.63, 3.8) is 0 Å². The smallest absolute Gasteiger partial charge is 0.341 e. The third kappa shape index (κ3) is 5.67. The van der Waals surface area contributed by atoms with E-state index in [1.165, 1.54) is 25.4 Å². The zero-order valence-electron chi connectivity index (χ0n) is 13.2. The van der Waals surface area contributed by atoms with E-state index in [-0.39, 0.29) is 5.95 Å². The molecule has 0 aliphatic heterocycles. The molecule has 0 aliphatic carbocycles. The van der Waals surface area contributed by atoms with Crippen LogP contribution in [0.25, 0.3) is 0 Å². The molecule has 1 aromatic heterocycles. The summed E-state index contributed by atoms with van der Waals surface area (Å²) < 4.78 is 34.5. The van der Waals surface area contributed by atoms with E-state index in [1.54, 1.807) is 0 Å². The van der Waals surface area contributed by atoms with Gasteiger partial charge in [-0.2, -0.15) is 18.4 Å². The molecule has 126 valence electrons. The lowest BCUT2D eigenvalue weighted by Crippen LogP contribution is -2.39. The molecule has 1 aromatic rings. The predicted octanol–water partition coefficient (Wildman–Crippen LogP) is 0.515. The molecule has 0 amide bonds. The third-order valence-electron chi connectivity index (χ3n) is 2.73. The molecule has 1 rings (SSSR count). The molecule has 0 fully saturated rings. The monoisotopic (exact) mass is 334 g/mol. The molecule has 11 heteroatoms. The first kappa shape index (κ1) is 18.5. The number of nitrogens with zero attached hydrogens (tertiary/aromatic N) is 6. The van der Waals surface area contributed by atoms with Crippen LogP contribution < -0.4 is 9.91 Å². The Hall–Kier alpha value is -1.56. The molecular weight excluding hydrogens is 312 g/mol. The molecule has 22 heavy (non-hydrogen) atoms. The summed E-state index contributed by atoms with van der Waals surface area (Å²) in [4.78, 5) is 14.4. The molecule has 0 spiro atoms. The Kier molecular flexibility index (Phi) is 6.87. The quantitative estimate of drug-likeness (QED) is 0.506. The minimum absolute atomic E-state index is 0.188. The maximum absolute atomic E-state index is 10.7. The molecule has 0 radical (unpaired) electrons. The fourth-order valence-electron chi connectivity index (χ4n) is 1.75. The van der Waals surface area contributed by atoms with Crippen LogP contribution in [-0.4, -0.2) is 60.3 Å². The summed E-state index contributed by atoms with van der Waals surface area (Å²) in [5.41, 5.74) is 0. The van der Waals surface area contributed by atoms with Gasteiger partial charge in [-0.25, -0.2) is 4.98 Å². The van der Waals surface area contributed by atoms with E-state index in [0.29, 0.717) is 5.95 Å². The van der Waals surface area contributed by atoms with Gasteiger partial charge >= 0.3 is 10.4 Å². The van der Waals surface area contributed by atoms with Gasteiger partial charge in [0.05, 0.1) is 0 Å². The van der Waals surface area contributed by atoms with Crippen LogP contribution in [0.2, 0.25) is 0 Å². The Balaban J connectivity index is 2.94. The first-order chi connectivity index (χ1) is 10.3. The van der Waals surface area contributed by atoms with E-state index in [2.05, 4.69) is 33.1 Å². The van der Waals surface area contributed by atoms with Crippen molar-refractivity contribution < 1.29 is 17.3 Å². The average Bonchev–Trinajstić information content (AvgIpc) is 2.44. The Morgan fingerprint density at radius 3 is 2.18 bits per heavy atom. The van der Waals surface area contributed by atoms with Crippen LogP contribution in [0.1, 0.15) is 26.7 Å². The van der Waals surface area contributed by atoms with Gasteiger partial charge < -0.3 is 4.90 Å². The standard InChI is InChI=1S/C11H22N6O4S/c1-5-7-17(8-6-2)11-13-9-12-10(14-11)15(3)16(4)21-22(18,19)20/h9H,5-8H2,1-4H3,(H,18,19,20). The summed E-state index contributed by atoms with van der Waals surface area (Å²) in [5.74, 6) is 0.689. The topological polar surface area (TPSA) is 112 Å². The first-order valence-corrected chi connectivity index (χ1v) is 8.23. The Morgan fingerprint density at radius 2 is 1.68 bits per heavy atom. The van der Waals surface area contributed by atoms with Crippen LogP contribution in [0.4, 0.5) is 11.9 Å². The van der Waals surface area contributed by atoms with E-state index < -0.39 is 10.4 Å². The molecule has 0 aliphatic rings. The van der Waals surface area contributed by atoms with E-state index in [0.717, 1.165) is 31.1 Å². The van der Waals surface area contributed by atoms with Crippen LogP contribution in [0.3, 0.4) is 0 Å². The minimum Gasteiger partial charge on any atom is -0.341 e. The van der Waals surface area contributed by atoms with Crippen molar-refractivity contribution in [1.29, 1.82) is 0 Å². The van der Waals surface area contributed by atoms with Crippen LogP contribution in [-0.2, 0) is 14.7 Å². The number of hydrogen-bond acceptors (Lipinski definition) is 9. The summed E-state index contributed by atoms with van der Waals surface area (Å²) in [6.07, 6.45) is 3.24. The highest BCUT2D eigenvalue weighted by molar-refractivity contribution is 7.80. The number of anilines is 2. The SMILES string of the molecule is CCCN(CCC)c1ncnc(N(C)N(C)OS(=O)(=O)O)n1. The van der Waals surface area contributed by atoms with Crippen LogP contribution in [0.5, 0.6) is 0 Å². The van der Waals surface area contributed by atoms with Gasteiger partial charge in [-0.15, -0.1) is 4.28 Å². The first-order valence-electron chi connectivity index (χ1n) is 6.86. The zero-order chi connectivity index (χ0) is 16.8. The van der Waals surface area contributed by atoms with Gasteiger partial charge in [-0.1, -0.05) is 19.0 Å². The normalized spacial score (nSPS) is 11.7.